The molecule has 6 nitrogen and oxygen atoms in total. The maximum Gasteiger partial charge on any atom is 0.339 e. The predicted octanol–water partition coefficient (Wildman–Crippen LogP) is 1.78. The summed E-state index contributed by atoms with van der Waals surface area (Å²) in [7, 11) is 1.30. The molecule has 2 aromatic rings. The molecule has 0 bridgehead atoms. The molecule has 1 aromatic carbocycles. The van der Waals surface area contributed by atoms with E-state index in [9.17, 15) is 14.7 Å². The molecular formula is C14H15NO5. The number of methoxy groups -OCH3 is 1. The second-order valence-electron chi connectivity index (χ2n) is 4.33. The van der Waals surface area contributed by atoms with Crippen LogP contribution in [0.3, 0.4) is 0 Å². The van der Waals surface area contributed by atoms with Gasteiger partial charge in [0.1, 0.15) is 22.9 Å². The highest BCUT2D eigenvalue weighted by molar-refractivity contribution is 6.03. The van der Waals surface area contributed by atoms with Crippen molar-refractivity contribution in [1.29, 1.82) is 0 Å². The second kappa shape index (κ2) is 5.75. The van der Waals surface area contributed by atoms with Crippen LogP contribution in [0.4, 0.5) is 0 Å². The number of furan rings is 1. The highest BCUT2D eigenvalue weighted by atomic mass is 16.5. The number of carbonyl (C=O) groups excluding carboxylic acids is 1. The van der Waals surface area contributed by atoms with E-state index in [1.807, 2.05) is 0 Å². The number of ether oxygens (including phenoxy) is 1. The Balaban J connectivity index is 2.28. The zero-order valence-electron chi connectivity index (χ0n) is 11.2. The van der Waals surface area contributed by atoms with Crippen molar-refractivity contribution in [1.82, 2.24) is 5.32 Å². The fraction of sp³-hybridized carbons (Fsp3) is 0.286. The third kappa shape index (κ3) is 2.65. The SMILES string of the molecule is COC(=O)C(C)NCc1oc2ccccc2c1C(=O)O. The van der Waals surface area contributed by atoms with E-state index in [0.717, 1.165) is 0 Å². The normalized spacial score (nSPS) is 12.3. The summed E-state index contributed by atoms with van der Waals surface area (Å²) in [5.41, 5.74) is 0.623. The summed E-state index contributed by atoms with van der Waals surface area (Å²) in [6.45, 7) is 1.77. The van der Waals surface area contributed by atoms with Crippen LogP contribution < -0.4 is 5.32 Å². The van der Waals surface area contributed by atoms with Crippen LogP contribution in [0, 0.1) is 0 Å². The van der Waals surface area contributed by atoms with Gasteiger partial charge >= 0.3 is 11.9 Å². The molecule has 2 N–H and O–H groups in total. The molecule has 0 fully saturated rings. The Morgan fingerprint density at radius 3 is 2.75 bits per heavy atom. The topological polar surface area (TPSA) is 88.8 Å². The van der Waals surface area contributed by atoms with Gasteiger partial charge in [0.05, 0.1) is 13.7 Å². The number of rotatable bonds is 5. The van der Waals surface area contributed by atoms with E-state index in [1.165, 1.54) is 7.11 Å². The maximum absolute atomic E-state index is 11.4. The molecule has 1 heterocycles. The predicted molar refractivity (Wildman–Crippen MR) is 71.5 cm³/mol. The summed E-state index contributed by atoms with van der Waals surface area (Å²) >= 11 is 0. The number of carbonyl (C=O) groups is 2. The maximum atomic E-state index is 11.4. The summed E-state index contributed by atoms with van der Waals surface area (Å²) in [5, 5.41) is 12.7. The van der Waals surface area contributed by atoms with Crippen LogP contribution in [-0.4, -0.2) is 30.2 Å². The van der Waals surface area contributed by atoms with Gasteiger partial charge in [-0.05, 0) is 13.0 Å². The van der Waals surface area contributed by atoms with Gasteiger partial charge < -0.3 is 14.3 Å². The van der Waals surface area contributed by atoms with Crippen molar-refractivity contribution in [3.63, 3.8) is 0 Å². The van der Waals surface area contributed by atoms with Crippen molar-refractivity contribution in [3.8, 4) is 0 Å². The number of nitrogens with one attached hydrogen (secondary N) is 1. The number of hydrogen-bond acceptors (Lipinski definition) is 5. The molecule has 0 radical (unpaired) electrons. The quantitative estimate of drug-likeness (QED) is 0.810. The van der Waals surface area contributed by atoms with Crippen LogP contribution in [0.15, 0.2) is 28.7 Å². The molecule has 0 amide bonds. The summed E-state index contributed by atoms with van der Waals surface area (Å²) in [6.07, 6.45) is 0. The zero-order valence-corrected chi connectivity index (χ0v) is 11.2. The summed E-state index contributed by atoms with van der Waals surface area (Å²) < 4.78 is 10.1. The lowest BCUT2D eigenvalue weighted by molar-refractivity contribution is -0.142. The fourth-order valence-electron chi connectivity index (χ4n) is 1.96. The first kappa shape index (κ1) is 14.1. The van der Waals surface area contributed by atoms with Gasteiger partial charge in [0, 0.05) is 5.39 Å². The standard InChI is InChI=1S/C14H15NO5/c1-8(14(18)19-2)15-7-11-12(13(16)17)9-5-3-4-6-10(9)20-11/h3-6,8,15H,7H2,1-2H3,(H,16,17). The monoisotopic (exact) mass is 277 g/mol. The largest absolute Gasteiger partial charge is 0.478 e. The highest BCUT2D eigenvalue weighted by Gasteiger charge is 2.21. The molecule has 0 saturated heterocycles. The molecule has 2 rings (SSSR count). The van der Waals surface area contributed by atoms with Crippen LogP contribution in [0.25, 0.3) is 11.0 Å². The van der Waals surface area contributed by atoms with Crippen molar-refractivity contribution in [2.45, 2.75) is 19.5 Å². The highest BCUT2D eigenvalue weighted by Crippen LogP contribution is 2.25. The van der Waals surface area contributed by atoms with Crippen molar-refractivity contribution < 1.29 is 23.8 Å². The van der Waals surface area contributed by atoms with E-state index in [0.29, 0.717) is 11.0 Å². The number of carboxylic acid groups (broad SMARTS) is 1. The smallest absolute Gasteiger partial charge is 0.339 e. The molecule has 1 unspecified atom stereocenters. The Labute approximate surface area is 115 Å². The first-order valence-corrected chi connectivity index (χ1v) is 6.09. The number of benzene rings is 1. The number of para-hydroxylation sites is 1. The molecule has 0 spiro atoms. The van der Waals surface area contributed by atoms with Crippen molar-refractivity contribution in [2.24, 2.45) is 0 Å². The number of esters is 1. The van der Waals surface area contributed by atoms with Gasteiger partial charge in [-0.15, -0.1) is 0 Å². The van der Waals surface area contributed by atoms with Crippen molar-refractivity contribution in [2.75, 3.05) is 7.11 Å². The number of fused-ring (bicyclic) bond motifs is 1. The molecule has 20 heavy (non-hydrogen) atoms. The third-order valence-corrected chi connectivity index (χ3v) is 3.01. The van der Waals surface area contributed by atoms with E-state index < -0.39 is 18.0 Å². The van der Waals surface area contributed by atoms with Crippen LogP contribution in [0.2, 0.25) is 0 Å². The van der Waals surface area contributed by atoms with Gasteiger partial charge in [0.2, 0.25) is 0 Å². The molecular weight excluding hydrogens is 262 g/mol. The van der Waals surface area contributed by atoms with Gasteiger partial charge in [0.25, 0.3) is 0 Å². The molecule has 0 aliphatic carbocycles. The Bertz CT molecular complexity index is 646. The zero-order chi connectivity index (χ0) is 14.7. The van der Waals surface area contributed by atoms with E-state index in [2.05, 4.69) is 10.1 Å². The molecule has 6 heteroatoms. The van der Waals surface area contributed by atoms with Gasteiger partial charge in [-0.3, -0.25) is 10.1 Å². The lowest BCUT2D eigenvalue weighted by Gasteiger charge is -2.10. The number of aromatic carboxylic acids is 1. The second-order valence-corrected chi connectivity index (χ2v) is 4.33. The minimum absolute atomic E-state index is 0.116. The summed E-state index contributed by atoms with van der Waals surface area (Å²) in [5.74, 6) is -1.19. The third-order valence-electron chi connectivity index (χ3n) is 3.01. The van der Waals surface area contributed by atoms with E-state index in [-0.39, 0.29) is 17.9 Å². The van der Waals surface area contributed by atoms with Crippen LogP contribution in [-0.2, 0) is 16.1 Å². The molecule has 0 aliphatic rings. The summed E-state index contributed by atoms with van der Waals surface area (Å²) in [4.78, 5) is 22.6. The van der Waals surface area contributed by atoms with Crippen molar-refractivity contribution >= 4 is 22.9 Å². The average molecular weight is 277 g/mol. The van der Waals surface area contributed by atoms with Crippen LogP contribution in [0.1, 0.15) is 23.0 Å². The Morgan fingerprint density at radius 1 is 1.40 bits per heavy atom. The molecule has 0 aliphatic heterocycles. The van der Waals surface area contributed by atoms with E-state index in [4.69, 9.17) is 4.42 Å². The van der Waals surface area contributed by atoms with Gasteiger partial charge in [-0.1, -0.05) is 18.2 Å². The number of hydrogen-bond donors (Lipinski definition) is 2. The van der Waals surface area contributed by atoms with Crippen molar-refractivity contribution in [3.05, 3.63) is 35.6 Å². The molecule has 106 valence electrons. The Hall–Kier alpha value is -2.34. The minimum atomic E-state index is -1.06. The summed E-state index contributed by atoms with van der Waals surface area (Å²) in [6, 6.07) is 6.37. The van der Waals surface area contributed by atoms with Gasteiger partial charge in [-0.25, -0.2) is 4.79 Å². The van der Waals surface area contributed by atoms with Gasteiger partial charge in [0.15, 0.2) is 0 Å². The molecule has 1 atom stereocenters. The van der Waals surface area contributed by atoms with E-state index >= 15 is 0 Å². The average Bonchev–Trinajstić information content (AvgIpc) is 2.82. The minimum Gasteiger partial charge on any atom is -0.478 e. The molecule has 1 aromatic heterocycles. The van der Waals surface area contributed by atoms with Crippen LogP contribution in [0.5, 0.6) is 0 Å². The first-order chi connectivity index (χ1) is 9.54. The number of carboxylic acids is 1. The lowest BCUT2D eigenvalue weighted by Crippen LogP contribution is -2.34. The van der Waals surface area contributed by atoms with E-state index in [1.54, 1.807) is 31.2 Å². The van der Waals surface area contributed by atoms with Crippen LogP contribution >= 0.6 is 0 Å². The van der Waals surface area contributed by atoms with Gasteiger partial charge in [-0.2, -0.15) is 0 Å². The Kier molecular flexibility index (Phi) is 4.05. The molecule has 0 saturated carbocycles. The fourth-order valence-corrected chi connectivity index (χ4v) is 1.96. The lowest BCUT2D eigenvalue weighted by atomic mass is 10.1. The Morgan fingerprint density at radius 2 is 2.10 bits per heavy atom. The first-order valence-electron chi connectivity index (χ1n) is 6.09.